The van der Waals surface area contributed by atoms with Gasteiger partial charge in [-0.25, -0.2) is 4.39 Å². The van der Waals surface area contributed by atoms with Crippen LogP contribution in [-0.4, -0.2) is 19.0 Å². The smallest absolute Gasteiger partial charge is 0.253 e. The minimum Gasteiger partial charge on any atom is -0.382 e. The molecule has 2 rings (SSSR count). The third kappa shape index (κ3) is 3.71. The summed E-state index contributed by atoms with van der Waals surface area (Å²) < 4.78 is 13.7. The fourth-order valence-electron chi connectivity index (χ4n) is 2.79. The van der Waals surface area contributed by atoms with Gasteiger partial charge < -0.3 is 10.6 Å². The molecule has 110 valence electrons. The van der Waals surface area contributed by atoms with Crippen LogP contribution in [0, 0.1) is 11.7 Å². The Morgan fingerprint density at radius 1 is 1.30 bits per heavy atom. The van der Waals surface area contributed by atoms with Crippen molar-refractivity contribution in [2.45, 2.75) is 39.0 Å². The van der Waals surface area contributed by atoms with Gasteiger partial charge in [0.1, 0.15) is 5.82 Å². The van der Waals surface area contributed by atoms with Crippen molar-refractivity contribution in [1.82, 2.24) is 5.32 Å². The summed E-state index contributed by atoms with van der Waals surface area (Å²) in [6, 6.07) is 4.61. The number of benzene rings is 1. The minimum absolute atomic E-state index is 0.189. The molecule has 1 fully saturated rings. The molecule has 3 nitrogen and oxygen atoms in total. The molecule has 1 aromatic carbocycles. The minimum atomic E-state index is -0.378. The van der Waals surface area contributed by atoms with Gasteiger partial charge in [-0.1, -0.05) is 25.3 Å². The second-order valence-electron chi connectivity index (χ2n) is 5.41. The van der Waals surface area contributed by atoms with Crippen molar-refractivity contribution in [1.29, 1.82) is 0 Å². The first-order valence-electron chi connectivity index (χ1n) is 7.53. The molecule has 0 bridgehead atoms. The van der Waals surface area contributed by atoms with E-state index >= 15 is 0 Å². The summed E-state index contributed by atoms with van der Waals surface area (Å²) in [7, 11) is 0. The third-order valence-electron chi connectivity index (χ3n) is 3.89. The van der Waals surface area contributed by atoms with Crippen LogP contribution in [0.4, 0.5) is 10.1 Å². The largest absolute Gasteiger partial charge is 0.382 e. The van der Waals surface area contributed by atoms with Crippen LogP contribution in [0.5, 0.6) is 0 Å². The Bertz CT molecular complexity index is 456. The molecule has 0 radical (unpaired) electrons. The van der Waals surface area contributed by atoms with Crippen molar-refractivity contribution >= 4 is 11.6 Å². The van der Waals surface area contributed by atoms with E-state index in [1.165, 1.54) is 38.2 Å². The number of halogens is 1. The summed E-state index contributed by atoms with van der Waals surface area (Å²) in [5.41, 5.74) is 0.693. The highest BCUT2D eigenvalue weighted by molar-refractivity contribution is 5.99. The van der Waals surface area contributed by atoms with Crippen molar-refractivity contribution in [2.24, 2.45) is 5.92 Å². The average molecular weight is 278 g/mol. The lowest BCUT2D eigenvalue weighted by Crippen LogP contribution is -2.31. The topological polar surface area (TPSA) is 41.1 Å². The van der Waals surface area contributed by atoms with Gasteiger partial charge in [-0.15, -0.1) is 0 Å². The number of carbonyl (C=O) groups excluding carboxylic acids is 1. The Balaban J connectivity index is 1.99. The van der Waals surface area contributed by atoms with Crippen LogP contribution >= 0.6 is 0 Å². The Labute approximate surface area is 120 Å². The first-order valence-corrected chi connectivity index (χ1v) is 7.53. The lowest BCUT2D eigenvalue weighted by molar-refractivity contribution is 0.0944. The Morgan fingerprint density at radius 3 is 2.75 bits per heavy atom. The van der Waals surface area contributed by atoms with Crippen molar-refractivity contribution in [3.8, 4) is 0 Å². The standard InChI is InChI=1S/C16H23FN2O/c1-2-18-15-13(9-6-10-14(15)17)16(20)19-11-12-7-4-3-5-8-12/h6,9-10,12,18H,2-5,7-8,11H2,1H3,(H,19,20). The number of para-hydroxylation sites is 1. The number of anilines is 1. The maximum atomic E-state index is 13.7. The van der Waals surface area contributed by atoms with E-state index < -0.39 is 0 Å². The Morgan fingerprint density at radius 2 is 2.05 bits per heavy atom. The van der Waals surface area contributed by atoms with E-state index in [0.717, 1.165) is 0 Å². The van der Waals surface area contributed by atoms with Gasteiger partial charge in [0.2, 0.25) is 0 Å². The molecule has 1 aliphatic carbocycles. The first-order chi connectivity index (χ1) is 9.72. The summed E-state index contributed by atoms with van der Waals surface area (Å²) in [5, 5.41) is 5.88. The molecule has 0 unspecified atom stereocenters. The number of rotatable bonds is 5. The third-order valence-corrected chi connectivity index (χ3v) is 3.89. The molecule has 0 heterocycles. The lowest BCUT2D eigenvalue weighted by Gasteiger charge is -2.22. The molecule has 2 N–H and O–H groups in total. The van der Waals surface area contributed by atoms with Gasteiger partial charge in [0, 0.05) is 13.1 Å². The van der Waals surface area contributed by atoms with Gasteiger partial charge in [0.15, 0.2) is 0 Å². The maximum Gasteiger partial charge on any atom is 0.253 e. The maximum absolute atomic E-state index is 13.7. The SMILES string of the molecule is CCNc1c(F)cccc1C(=O)NCC1CCCCC1. The van der Waals surface area contributed by atoms with E-state index in [4.69, 9.17) is 0 Å². The second-order valence-corrected chi connectivity index (χ2v) is 5.41. The van der Waals surface area contributed by atoms with Gasteiger partial charge in [-0.05, 0) is 37.8 Å². The Kier molecular flexibility index (Phi) is 5.39. The predicted octanol–water partition coefficient (Wildman–Crippen LogP) is 3.57. The highest BCUT2D eigenvalue weighted by Crippen LogP contribution is 2.23. The summed E-state index contributed by atoms with van der Waals surface area (Å²) >= 11 is 0. The second kappa shape index (κ2) is 7.27. The molecule has 1 amide bonds. The number of hydrogen-bond donors (Lipinski definition) is 2. The molecule has 0 saturated heterocycles. The van der Waals surface area contributed by atoms with Crippen molar-refractivity contribution in [3.63, 3.8) is 0 Å². The van der Waals surface area contributed by atoms with Gasteiger partial charge >= 0.3 is 0 Å². The first kappa shape index (κ1) is 14.8. The summed E-state index contributed by atoms with van der Waals surface area (Å²) in [5.74, 6) is 0.00651. The molecule has 0 aliphatic heterocycles. The lowest BCUT2D eigenvalue weighted by atomic mass is 9.89. The molecular formula is C16H23FN2O. The fourth-order valence-corrected chi connectivity index (χ4v) is 2.79. The van der Waals surface area contributed by atoms with Crippen LogP contribution in [0.15, 0.2) is 18.2 Å². The van der Waals surface area contributed by atoms with E-state index in [0.29, 0.717) is 30.3 Å². The summed E-state index contributed by atoms with van der Waals surface area (Å²) in [4.78, 5) is 12.2. The highest BCUT2D eigenvalue weighted by Gasteiger charge is 2.17. The van der Waals surface area contributed by atoms with E-state index in [1.54, 1.807) is 12.1 Å². The number of hydrogen-bond acceptors (Lipinski definition) is 2. The zero-order valence-electron chi connectivity index (χ0n) is 12.0. The zero-order valence-corrected chi connectivity index (χ0v) is 12.0. The van der Waals surface area contributed by atoms with E-state index in [1.807, 2.05) is 6.92 Å². The molecule has 4 heteroatoms. The van der Waals surface area contributed by atoms with Crippen LogP contribution in [0.1, 0.15) is 49.4 Å². The molecule has 1 aromatic rings. The Hall–Kier alpha value is -1.58. The van der Waals surface area contributed by atoms with E-state index in [2.05, 4.69) is 10.6 Å². The van der Waals surface area contributed by atoms with Crippen LogP contribution in [0.2, 0.25) is 0 Å². The van der Waals surface area contributed by atoms with Gasteiger partial charge in [-0.2, -0.15) is 0 Å². The monoisotopic (exact) mass is 278 g/mol. The molecule has 0 spiro atoms. The van der Waals surface area contributed by atoms with E-state index in [9.17, 15) is 9.18 Å². The molecular weight excluding hydrogens is 255 g/mol. The van der Waals surface area contributed by atoms with Crippen LogP contribution in [-0.2, 0) is 0 Å². The fraction of sp³-hybridized carbons (Fsp3) is 0.562. The number of nitrogens with one attached hydrogen (secondary N) is 2. The van der Waals surface area contributed by atoms with Gasteiger partial charge in [0.25, 0.3) is 5.91 Å². The van der Waals surface area contributed by atoms with Crippen LogP contribution < -0.4 is 10.6 Å². The molecule has 1 saturated carbocycles. The molecule has 1 aliphatic rings. The number of amides is 1. The molecule has 20 heavy (non-hydrogen) atoms. The predicted molar refractivity (Wildman–Crippen MR) is 79.5 cm³/mol. The van der Waals surface area contributed by atoms with Crippen LogP contribution in [0.25, 0.3) is 0 Å². The summed E-state index contributed by atoms with van der Waals surface area (Å²) in [6.07, 6.45) is 6.18. The normalized spacial score (nSPS) is 15.9. The average Bonchev–Trinajstić information content (AvgIpc) is 2.48. The van der Waals surface area contributed by atoms with Crippen molar-refractivity contribution < 1.29 is 9.18 Å². The molecule has 0 aromatic heterocycles. The van der Waals surface area contributed by atoms with Gasteiger partial charge in [0.05, 0.1) is 11.3 Å². The number of carbonyl (C=O) groups is 1. The summed E-state index contributed by atoms with van der Waals surface area (Å²) in [6.45, 7) is 3.17. The van der Waals surface area contributed by atoms with Crippen molar-refractivity contribution in [3.05, 3.63) is 29.6 Å². The highest BCUT2D eigenvalue weighted by atomic mass is 19.1. The van der Waals surface area contributed by atoms with E-state index in [-0.39, 0.29) is 11.7 Å². The van der Waals surface area contributed by atoms with Gasteiger partial charge in [-0.3, -0.25) is 4.79 Å². The van der Waals surface area contributed by atoms with Crippen molar-refractivity contribution in [2.75, 3.05) is 18.4 Å². The van der Waals surface area contributed by atoms with Crippen LogP contribution in [0.3, 0.4) is 0 Å². The zero-order chi connectivity index (χ0) is 14.4. The molecule has 0 atom stereocenters. The quantitative estimate of drug-likeness (QED) is 0.864.